The molecule has 0 aromatic carbocycles. The summed E-state index contributed by atoms with van der Waals surface area (Å²) in [6, 6.07) is 5.87. The Kier molecular flexibility index (Phi) is 6.43. The summed E-state index contributed by atoms with van der Waals surface area (Å²) in [5.41, 5.74) is 6.59. The number of carbonyl (C=O) groups excluding carboxylic acids is 1. The van der Waals surface area contributed by atoms with Crippen molar-refractivity contribution < 1.29 is 4.79 Å². The van der Waals surface area contributed by atoms with Gasteiger partial charge in [-0.2, -0.15) is 0 Å². The number of hydrogen-bond donors (Lipinski definition) is 1. The predicted octanol–water partition coefficient (Wildman–Crippen LogP) is 2.02. The van der Waals surface area contributed by atoms with E-state index in [-0.39, 0.29) is 23.7 Å². The Morgan fingerprint density at radius 1 is 1.40 bits per heavy atom. The summed E-state index contributed by atoms with van der Waals surface area (Å²) in [4.78, 5) is 18.7. The van der Waals surface area contributed by atoms with Gasteiger partial charge in [-0.15, -0.1) is 12.4 Å². The third-order valence-electron chi connectivity index (χ3n) is 4.18. The number of hydrogen-bond acceptors (Lipinski definition) is 3. The van der Waals surface area contributed by atoms with Crippen LogP contribution in [0.5, 0.6) is 0 Å². The van der Waals surface area contributed by atoms with Gasteiger partial charge < -0.3 is 10.6 Å². The molecule has 112 valence electrons. The van der Waals surface area contributed by atoms with Gasteiger partial charge in [0.15, 0.2) is 0 Å². The quantitative estimate of drug-likeness (QED) is 0.904. The molecular formula is C15H24ClN3O. The highest BCUT2D eigenvalue weighted by Gasteiger charge is 2.41. The molecule has 0 aliphatic heterocycles. The molecule has 1 heterocycles. The summed E-state index contributed by atoms with van der Waals surface area (Å²) >= 11 is 0. The van der Waals surface area contributed by atoms with E-state index < -0.39 is 0 Å². The van der Waals surface area contributed by atoms with Crippen molar-refractivity contribution in [3.8, 4) is 0 Å². The maximum absolute atomic E-state index is 12.5. The largest absolute Gasteiger partial charge is 0.345 e. The highest BCUT2D eigenvalue weighted by Crippen LogP contribution is 2.38. The molecule has 0 atom stereocenters. The van der Waals surface area contributed by atoms with E-state index in [9.17, 15) is 4.79 Å². The molecule has 1 aliphatic rings. The molecule has 1 aromatic heterocycles. The molecule has 4 nitrogen and oxygen atoms in total. The van der Waals surface area contributed by atoms with Crippen molar-refractivity contribution in [2.45, 2.75) is 32.1 Å². The van der Waals surface area contributed by atoms with Crippen LogP contribution in [0.25, 0.3) is 0 Å². The fourth-order valence-corrected chi connectivity index (χ4v) is 2.89. The van der Waals surface area contributed by atoms with E-state index in [0.717, 1.165) is 37.8 Å². The predicted molar refractivity (Wildman–Crippen MR) is 82.8 cm³/mol. The minimum Gasteiger partial charge on any atom is -0.345 e. The standard InChI is InChI=1S/C15H23N3O.ClH/c1-18(11-7-13-6-2-5-10-17-13)14(19)15(12-16)8-3-4-9-15;/h2,5-6,10H,3-4,7-9,11-12,16H2,1H3;1H. The minimum atomic E-state index is -0.293. The maximum Gasteiger partial charge on any atom is 0.229 e. The monoisotopic (exact) mass is 297 g/mol. The molecular weight excluding hydrogens is 274 g/mol. The Morgan fingerprint density at radius 2 is 2.10 bits per heavy atom. The van der Waals surface area contributed by atoms with E-state index in [1.54, 1.807) is 6.20 Å². The molecule has 1 aliphatic carbocycles. The first-order valence-corrected chi connectivity index (χ1v) is 7.03. The van der Waals surface area contributed by atoms with E-state index >= 15 is 0 Å². The van der Waals surface area contributed by atoms with Gasteiger partial charge in [-0.25, -0.2) is 0 Å². The molecule has 0 unspecified atom stereocenters. The first-order valence-electron chi connectivity index (χ1n) is 7.03. The molecule has 5 heteroatoms. The van der Waals surface area contributed by atoms with E-state index in [1.807, 2.05) is 30.1 Å². The number of carbonyl (C=O) groups is 1. The van der Waals surface area contributed by atoms with Crippen LogP contribution in [-0.4, -0.2) is 35.9 Å². The lowest BCUT2D eigenvalue weighted by Crippen LogP contribution is -2.45. The summed E-state index contributed by atoms with van der Waals surface area (Å²) in [7, 11) is 1.88. The van der Waals surface area contributed by atoms with Crippen LogP contribution in [0.2, 0.25) is 0 Å². The minimum absolute atomic E-state index is 0. The van der Waals surface area contributed by atoms with Crippen LogP contribution in [0.15, 0.2) is 24.4 Å². The lowest BCUT2D eigenvalue weighted by Gasteiger charge is -2.31. The van der Waals surface area contributed by atoms with Gasteiger partial charge in [-0.3, -0.25) is 9.78 Å². The molecule has 0 saturated heterocycles. The number of halogens is 1. The van der Waals surface area contributed by atoms with E-state index in [0.29, 0.717) is 13.1 Å². The fraction of sp³-hybridized carbons (Fsp3) is 0.600. The van der Waals surface area contributed by atoms with Gasteiger partial charge in [0.25, 0.3) is 0 Å². The summed E-state index contributed by atoms with van der Waals surface area (Å²) < 4.78 is 0. The summed E-state index contributed by atoms with van der Waals surface area (Å²) in [6.45, 7) is 1.18. The van der Waals surface area contributed by atoms with Crippen molar-refractivity contribution in [3.63, 3.8) is 0 Å². The number of likely N-dealkylation sites (N-methyl/N-ethyl adjacent to an activating group) is 1. The van der Waals surface area contributed by atoms with E-state index in [4.69, 9.17) is 5.73 Å². The molecule has 1 saturated carbocycles. The number of pyridine rings is 1. The zero-order chi connectivity index (χ0) is 13.7. The average Bonchev–Trinajstić information content (AvgIpc) is 2.95. The van der Waals surface area contributed by atoms with Crippen LogP contribution in [0.1, 0.15) is 31.4 Å². The molecule has 1 fully saturated rings. The number of nitrogens with zero attached hydrogens (tertiary/aromatic N) is 2. The molecule has 0 bridgehead atoms. The first kappa shape index (κ1) is 16.9. The lowest BCUT2D eigenvalue weighted by molar-refractivity contribution is -0.140. The van der Waals surface area contributed by atoms with Crippen molar-refractivity contribution in [2.75, 3.05) is 20.1 Å². The Morgan fingerprint density at radius 3 is 2.65 bits per heavy atom. The van der Waals surface area contributed by atoms with E-state index in [1.165, 1.54) is 0 Å². The second-order valence-corrected chi connectivity index (χ2v) is 5.49. The van der Waals surface area contributed by atoms with Crippen LogP contribution in [0, 0.1) is 5.41 Å². The molecule has 0 spiro atoms. The Labute approximate surface area is 127 Å². The van der Waals surface area contributed by atoms with Crippen molar-refractivity contribution in [1.29, 1.82) is 0 Å². The van der Waals surface area contributed by atoms with Crippen LogP contribution < -0.4 is 5.73 Å². The highest BCUT2D eigenvalue weighted by atomic mass is 35.5. The number of aromatic nitrogens is 1. The third kappa shape index (κ3) is 3.70. The van der Waals surface area contributed by atoms with Crippen LogP contribution in [-0.2, 0) is 11.2 Å². The molecule has 20 heavy (non-hydrogen) atoms. The Bertz CT molecular complexity index is 418. The molecule has 2 N–H and O–H groups in total. The topological polar surface area (TPSA) is 59.2 Å². The highest BCUT2D eigenvalue weighted by molar-refractivity contribution is 5.85. The smallest absolute Gasteiger partial charge is 0.229 e. The SMILES string of the molecule is CN(CCc1ccccn1)C(=O)C1(CN)CCCC1.Cl. The molecule has 1 amide bonds. The molecule has 2 rings (SSSR count). The van der Waals surface area contributed by atoms with Crippen molar-refractivity contribution in [3.05, 3.63) is 30.1 Å². The second-order valence-electron chi connectivity index (χ2n) is 5.49. The van der Waals surface area contributed by atoms with Crippen molar-refractivity contribution >= 4 is 18.3 Å². The molecule has 1 aromatic rings. The number of nitrogens with two attached hydrogens (primary N) is 1. The first-order chi connectivity index (χ1) is 9.18. The summed E-state index contributed by atoms with van der Waals surface area (Å²) in [5.74, 6) is 0.212. The lowest BCUT2D eigenvalue weighted by atomic mass is 9.84. The maximum atomic E-state index is 12.5. The third-order valence-corrected chi connectivity index (χ3v) is 4.18. The summed E-state index contributed by atoms with van der Waals surface area (Å²) in [6.07, 6.45) is 6.71. The normalized spacial score (nSPS) is 16.5. The van der Waals surface area contributed by atoms with Crippen LogP contribution in [0.3, 0.4) is 0 Å². The number of rotatable bonds is 5. The van der Waals surface area contributed by atoms with Gasteiger partial charge >= 0.3 is 0 Å². The van der Waals surface area contributed by atoms with Gasteiger partial charge in [0.1, 0.15) is 0 Å². The number of amides is 1. The van der Waals surface area contributed by atoms with Crippen LogP contribution in [0.4, 0.5) is 0 Å². The second kappa shape index (κ2) is 7.60. The Balaban J connectivity index is 0.00000200. The van der Waals surface area contributed by atoms with Gasteiger partial charge in [0.2, 0.25) is 5.91 Å². The van der Waals surface area contributed by atoms with E-state index in [2.05, 4.69) is 4.98 Å². The zero-order valence-corrected chi connectivity index (χ0v) is 12.9. The average molecular weight is 298 g/mol. The van der Waals surface area contributed by atoms with Gasteiger partial charge in [0.05, 0.1) is 5.41 Å². The van der Waals surface area contributed by atoms with Crippen molar-refractivity contribution in [2.24, 2.45) is 11.1 Å². The van der Waals surface area contributed by atoms with Gasteiger partial charge in [-0.05, 0) is 25.0 Å². The molecule has 0 radical (unpaired) electrons. The van der Waals surface area contributed by atoms with Gasteiger partial charge in [-0.1, -0.05) is 18.9 Å². The zero-order valence-electron chi connectivity index (χ0n) is 12.0. The van der Waals surface area contributed by atoms with Crippen molar-refractivity contribution in [1.82, 2.24) is 9.88 Å². The van der Waals surface area contributed by atoms with Gasteiger partial charge in [0, 0.05) is 38.4 Å². The summed E-state index contributed by atoms with van der Waals surface area (Å²) in [5, 5.41) is 0. The fourth-order valence-electron chi connectivity index (χ4n) is 2.89. The van der Waals surface area contributed by atoms with Crippen LogP contribution >= 0.6 is 12.4 Å². The Hall–Kier alpha value is -1.13.